The van der Waals surface area contributed by atoms with Gasteiger partial charge in [0.1, 0.15) is 0 Å². The van der Waals surface area contributed by atoms with Gasteiger partial charge < -0.3 is 10.1 Å². The summed E-state index contributed by atoms with van der Waals surface area (Å²) in [4.78, 5) is 0. The summed E-state index contributed by atoms with van der Waals surface area (Å²) in [7, 11) is 0.960. The number of hydrogen-bond acceptors (Lipinski definition) is 3. The Hall–Kier alpha value is 0.0700. The van der Waals surface area contributed by atoms with Gasteiger partial charge in [-0.15, -0.1) is 0 Å². The standard InChI is InChI=1S/C10H23NO2S/c1-8(2)10(7-13-4)11-6-9(3)14(5)12/h8-11H,6-7H2,1-5H3. The molecular weight excluding hydrogens is 198 g/mol. The van der Waals surface area contributed by atoms with Crippen LogP contribution >= 0.6 is 0 Å². The van der Waals surface area contributed by atoms with Crippen LogP contribution in [0.1, 0.15) is 20.8 Å². The first-order chi connectivity index (χ1) is 6.49. The molecule has 14 heavy (non-hydrogen) atoms. The molecule has 0 aliphatic carbocycles. The quantitative estimate of drug-likeness (QED) is 0.697. The third kappa shape index (κ3) is 5.73. The molecule has 3 unspecified atom stereocenters. The van der Waals surface area contributed by atoms with E-state index in [0.29, 0.717) is 18.6 Å². The number of nitrogens with one attached hydrogen (secondary N) is 1. The molecule has 0 saturated heterocycles. The summed E-state index contributed by atoms with van der Waals surface area (Å²) in [5, 5.41) is 3.59. The molecule has 0 heterocycles. The molecular formula is C10H23NO2S. The highest BCUT2D eigenvalue weighted by Gasteiger charge is 2.14. The molecule has 1 N–H and O–H groups in total. The third-order valence-corrected chi connectivity index (χ3v) is 3.69. The zero-order valence-corrected chi connectivity index (χ0v) is 10.7. The van der Waals surface area contributed by atoms with Crippen molar-refractivity contribution in [2.45, 2.75) is 32.1 Å². The molecule has 0 saturated carbocycles. The Morgan fingerprint density at radius 3 is 2.29 bits per heavy atom. The van der Waals surface area contributed by atoms with E-state index in [9.17, 15) is 4.21 Å². The number of ether oxygens (including phenoxy) is 1. The average molecular weight is 221 g/mol. The van der Waals surface area contributed by atoms with Crippen LogP contribution in [0.15, 0.2) is 0 Å². The van der Waals surface area contributed by atoms with Crippen LogP contribution < -0.4 is 5.32 Å². The Bertz CT molecular complexity index is 174. The minimum absolute atomic E-state index is 0.202. The monoisotopic (exact) mass is 221 g/mol. The van der Waals surface area contributed by atoms with Crippen molar-refractivity contribution < 1.29 is 8.95 Å². The Morgan fingerprint density at radius 1 is 1.36 bits per heavy atom. The summed E-state index contributed by atoms with van der Waals surface area (Å²) in [6.45, 7) is 7.80. The molecule has 0 aliphatic rings. The SMILES string of the molecule is COCC(NCC(C)S(C)=O)C(C)C. The predicted molar refractivity (Wildman–Crippen MR) is 62.0 cm³/mol. The van der Waals surface area contributed by atoms with Crippen LogP contribution in [0.25, 0.3) is 0 Å². The van der Waals surface area contributed by atoms with Crippen LogP contribution in [0.3, 0.4) is 0 Å². The lowest BCUT2D eigenvalue weighted by Gasteiger charge is -2.23. The minimum atomic E-state index is -0.747. The summed E-state index contributed by atoms with van der Waals surface area (Å²) in [5.74, 6) is 0.535. The van der Waals surface area contributed by atoms with Crippen molar-refractivity contribution in [1.29, 1.82) is 0 Å². The van der Waals surface area contributed by atoms with Crippen molar-refractivity contribution in [1.82, 2.24) is 5.32 Å². The molecule has 0 aromatic rings. The molecule has 3 nitrogen and oxygen atoms in total. The Kier molecular flexibility index (Phi) is 7.41. The van der Waals surface area contributed by atoms with E-state index in [0.717, 1.165) is 6.54 Å². The van der Waals surface area contributed by atoms with Gasteiger partial charge in [-0.25, -0.2) is 0 Å². The van der Waals surface area contributed by atoms with Gasteiger partial charge in [-0.1, -0.05) is 13.8 Å². The van der Waals surface area contributed by atoms with E-state index in [2.05, 4.69) is 19.2 Å². The van der Waals surface area contributed by atoms with Crippen molar-refractivity contribution in [3.05, 3.63) is 0 Å². The molecule has 3 atom stereocenters. The van der Waals surface area contributed by atoms with Gasteiger partial charge in [0.05, 0.1) is 6.61 Å². The first-order valence-electron chi connectivity index (χ1n) is 5.03. The fourth-order valence-corrected chi connectivity index (χ4v) is 1.43. The summed E-state index contributed by atoms with van der Waals surface area (Å²) in [6.07, 6.45) is 1.74. The number of rotatable bonds is 7. The second-order valence-electron chi connectivity index (χ2n) is 4.02. The van der Waals surface area contributed by atoms with Gasteiger partial charge in [-0.3, -0.25) is 4.21 Å². The van der Waals surface area contributed by atoms with Gasteiger partial charge in [0, 0.05) is 42.0 Å². The highest BCUT2D eigenvalue weighted by Crippen LogP contribution is 2.02. The van der Waals surface area contributed by atoms with Gasteiger partial charge in [0.25, 0.3) is 0 Å². The normalized spacial score (nSPS) is 18.1. The van der Waals surface area contributed by atoms with Crippen molar-refractivity contribution in [3.63, 3.8) is 0 Å². The van der Waals surface area contributed by atoms with E-state index in [1.54, 1.807) is 13.4 Å². The summed E-state index contributed by atoms with van der Waals surface area (Å²) >= 11 is 0. The highest BCUT2D eigenvalue weighted by molar-refractivity contribution is 7.84. The van der Waals surface area contributed by atoms with E-state index in [1.165, 1.54) is 0 Å². The first kappa shape index (κ1) is 14.1. The summed E-state index contributed by atoms with van der Waals surface area (Å²) in [5.41, 5.74) is 0. The lowest BCUT2D eigenvalue weighted by atomic mass is 10.1. The molecule has 4 heteroatoms. The zero-order valence-electron chi connectivity index (χ0n) is 9.87. The predicted octanol–water partition coefficient (Wildman–Crippen LogP) is 1.01. The molecule has 0 amide bonds. The second-order valence-corrected chi connectivity index (χ2v) is 5.83. The Balaban J connectivity index is 3.87. The van der Waals surface area contributed by atoms with E-state index in [1.807, 2.05) is 6.92 Å². The molecule has 0 aromatic carbocycles. The molecule has 0 bridgehead atoms. The smallest absolute Gasteiger partial charge is 0.0618 e. The summed E-state index contributed by atoms with van der Waals surface area (Å²) < 4.78 is 16.2. The molecule has 0 radical (unpaired) electrons. The molecule has 0 fully saturated rings. The van der Waals surface area contributed by atoms with Crippen LogP contribution in [-0.2, 0) is 15.5 Å². The molecule has 0 aliphatic heterocycles. The molecule has 0 aromatic heterocycles. The molecule has 86 valence electrons. The molecule has 0 spiro atoms. The van der Waals surface area contributed by atoms with E-state index in [4.69, 9.17) is 4.74 Å². The maximum absolute atomic E-state index is 11.1. The van der Waals surface area contributed by atoms with Gasteiger partial charge in [0.2, 0.25) is 0 Å². The van der Waals surface area contributed by atoms with Gasteiger partial charge in [-0.2, -0.15) is 0 Å². The zero-order chi connectivity index (χ0) is 11.1. The van der Waals surface area contributed by atoms with Gasteiger partial charge in [0.15, 0.2) is 0 Å². The Labute approximate surface area is 90.1 Å². The second kappa shape index (κ2) is 7.37. The highest BCUT2D eigenvalue weighted by atomic mass is 32.2. The van der Waals surface area contributed by atoms with E-state index >= 15 is 0 Å². The van der Waals surface area contributed by atoms with Gasteiger partial charge >= 0.3 is 0 Å². The Morgan fingerprint density at radius 2 is 1.93 bits per heavy atom. The number of methoxy groups -OCH3 is 1. The summed E-state index contributed by atoms with van der Waals surface area (Å²) in [6, 6.07) is 0.353. The third-order valence-electron chi connectivity index (χ3n) is 2.39. The maximum Gasteiger partial charge on any atom is 0.0618 e. The van der Waals surface area contributed by atoms with Gasteiger partial charge in [-0.05, 0) is 12.8 Å². The van der Waals surface area contributed by atoms with E-state index in [-0.39, 0.29) is 5.25 Å². The van der Waals surface area contributed by atoms with Crippen LogP contribution in [0.4, 0.5) is 0 Å². The largest absolute Gasteiger partial charge is 0.383 e. The van der Waals surface area contributed by atoms with Crippen molar-refractivity contribution in [2.75, 3.05) is 26.5 Å². The topological polar surface area (TPSA) is 38.3 Å². The number of hydrogen-bond donors (Lipinski definition) is 1. The van der Waals surface area contributed by atoms with E-state index < -0.39 is 10.8 Å². The lowest BCUT2D eigenvalue weighted by Crippen LogP contribution is -2.41. The lowest BCUT2D eigenvalue weighted by molar-refractivity contribution is 0.147. The van der Waals surface area contributed by atoms with Crippen molar-refractivity contribution in [3.8, 4) is 0 Å². The maximum atomic E-state index is 11.1. The fourth-order valence-electron chi connectivity index (χ4n) is 1.10. The van der Waals surface area contributed by atoms with Crippen LogP contribution in [0, 0.1) is 5.92 Å². The van der Waals surface area contributed by atoms with Crippen molar-refractivity contribution in [2.24, 2.45) is 5.92 Å². The van der Waals surface area contributed by atoms with Crippen LogP contribution in [0.5, 0.6) is 0 Å². The van der Waals surface area contributed by atoms with Crippen LogP contribution in [0.2, 0.25) is 0 Å². The average Bonchev–Trinajstić information content (AvgIpc) is 2.10. The fraction of sp³-hybridized carbons (Fsp3) is 1.00. The molecule has 0 rings (SSSR count). The minimum Gasteiger partial charge on any atom is -0.383 e. The van der Waals surface area contributed by atoms with Crippen molar-refractivity contribution >= 4 is 10.8 Å². The first-order valence-corrected chi connectivity index (χ1v) is 6.65. The van der Waals surface area contributed by atoms with Crippen LogP contribution in [-0.4, -0.2) is 42.0 Å².